The Hall–Kier alpha value is -1.03. The molecule has 2 aromatic rings. The first-order chi connectivity index (χ1) is 8.38. The van der Waals surface area contributed by atoms with Crippen LogP contribution in [0.3, 0.4) is 0 Å². The van der Waals surface area contributed by atoms with Gasteiger partial charge in [0.05, 0.1) is 7.11 Å². The van der Waals surface area contributed by atoms with Crippen molar-refractivity contribution in [2.24, 2.45) is 0 Å². The van der Waals surface area contributed by atoms with Gasteiger partial charge >= 0.3 is 0 Å². The zero-order valence-electron chi connectivity index (χ0n) is 10.4. The number of rotatable bonds is 6. The highest BCUT2D eigenvalue weighted by Gasteiger charge is 1.96. The molecule has 1 aromatic carbocycles. The maximum atomic E-state index is 5.13. The summed E-state index contributed by atoms with van der Waals surface area (Å²) >= 11 is 1.80. The summed E-state index contributed by atoms with van der Waals surface area (Å²) in [7, 11) is 1.69. The van der Waals surface area contributed by atoms with Crippen LogP contribution in [-0.4, -0.2) is 13.7 Å². The Kier molecular flexibility index (Phi) is 6.80. The quantitative estimate of drug-likeness (QED) is 0.759. The second-order valence-corrected chi connectivity index (χ2v) is 4.89. The molecule has 0 radical (unpaired) electrons. The average molecular weight is 283 g/mol. The van der Waals surface area contributed by atoms with Gasteiger partial charge in [-0.2, -0.15) is 0 Å². The molecule has 1 aromatic heterocycles. The minimum absolute atomic E-state index is 0. The van der Waals surface area contributed by atoms with Crippen LogP contribution >= 0.6 is 11.3 Å². The molecule has 0 bridgehead atoms. The van der Waals surface area contributed by atoms with Crippen molar-refractivity contribution in [2.45, 2.75) is 13.0 Å². The summed E-state index contributed by atoms with van der Waals surface area (Å²) in [4.78, 5) is 1.39. The molecule has 18 heavy (non-hydrogen) atoms. The molecule has 0 atom stereocenters. The topological polar surface area (TPSA) is 21.3 Å². The number of methoxy groups -OCH3 is 1. The number of hydrogen-bond acceptors (Lipinski definition) is 3. The standard InChI is InChI=1S/C14H17NOS.ClH/c1-16-13-6-4-12(5-7-13)8-9-15-11-14-3-2-10-17-14;/h2-7,10,15H,8-9,11H2,1H3;1H/p-1. The molecule has 0 aliphatic carbocycles. The van der Waals surface area contributed by atoms with Gasteiger partial charge in [-0.1, -0.05) is 18.2 Å². The Bertz CT molecular complexity index is 428. The van der Waals surface area contributed by atoms with Gasteiger partial charge < -0.3 is 22.5 Å². The van der Waals surface area contributed by atoms with Crippen LogP contribution in [0.15, 0.2) is 41.8 Å². The van der Waals surface area contributed by atoms with Gasteiger partial charge in [-0.25, -0.2) is 0 Å². The third-order valence-corrected chi connectivity index (χ3v) is 3.51. The lowest BCUT2D eigenvalue weighted by molar-refractivity contribution is -0.00000373. The minimum atomic E-state index is 0. The number of thiophene rings is 1. The van der Waals surface area contributed by atoms with Crippen LogP contribution in [0, 0.1) is 0 Å². The molecule has 0 aliphatic rings. The molecule has 0 unspecified atom stereocenters. The zero-order valence-corrected chi connectivity index (χ0v) is 11.9. The van der Waals surface area contributed by atoms with E-state index in [-0.39, 0.29) is 12.4 Å². The smallest absolute Gasteiger partial charge is 0.118 e. The van der Waals surface area contributed by atoms with E-state index in [1.165, 1.54) is 10.4 Å². The number of ether oxygens (including phenoxy) is 1. The summed E-state index contributed by atoms with van der Waals surface area (Å²) in [6, 6.07) is 12.5. The molecule has 1 N–H and O–H groups in total. The maximum Gasteiger partial charge on any atom is 0.118 e. The number of hydrogen-bond donors (Lipinski definition) is 1. The van der Waals surface area contributed by atoms with Crippen LogP contribution in [0.2, 0.25) is 0 Å². The van der Waals surface area contributed by atoms with E-state index >= 15 is 0 Å². The van der Waals surface area contributed by atoms with Crippen molar-refractivity contribution < 1.29 is 17.1 Å². The predicted molar refractivity (Wildman–Crippen MR) is 72.7 cm³/mol. The van der Waals surface area contributed by atoms with E-state index in [0.717, 1.165) is 25.3 Å². The minimum Gasteiger partial charge on any atom is -1.00 e. The predicted octanol–water partition coefficient (Wildman–Crippen LogP) is 0.0930. The first-order valence-corrected chi connectivity index (χ1v) is 6.62. The molecule has 2 rings (SSSR count). The largest absolute Gasteiger partial charge is 1.00 e. The summed E-state index contributed by atoms with van der Waals surface area (Å²) in [6.45, 7) is 1.97. The Morgan fingerprint density at radius 3 is 2.56 bits per heavy atom. The summed E-state index contributed by atoms with van der Waals surface area (Å²) in [5.41, 5.74) is 1.34. The third-order valence-electron chi connectivity index (χ3n) is 2.63. The fourth-order valence-corrected chi connectivity index (χ4v) is 2.32. The Morgan fingerprint density at radius 2 is 1.94 bits per heavy atom. The lowest BCUT2D eigenvalue weighted by Gasteiger charge is -2.04. The molecule has 1 heterocycles. The molecule has 0 spiro atoms. The van der Waals surface area contributed by atoms with Gasteiger partial charge in [0.15, 0.2) is 0 Å². The number of halogens is 1. The van der Waals surface area contributed by atoms with Gasteiger partial charge in [0, 0.05) is 11.4 Å². The average Bonchev–Trinajstić information content (AvgIpc) is 2.88. The number of nitrogens with one attached hydrogen (secondary N) is 1. The molecule has 98 valence electrons. The van der Waals surface area contributed by atoms with Crippen LogP contribution in [0.25, 0.3) is 0 Å². The van der Waals surface area contributed by atoms with E-state index in [2.05, 4.69) is 35.0 Å². The molecule has 2 nitrogen and oxygen atoms in total. The highest BCUT2D eigenvalue weighted by Crippen LogP contribution is 2.11. The van der Waals surface area contributed by atoms with Crippen molar-refractivity contribution in [1.29, 1.82) is 0 Å². The molecule has 0 aliphatic heterocycles. The second kappa shape index (κ2) is 8.14. The molecular weight excluding hydrogens is 266 g/mol. The Labute approximate surface area is 118 Å². The first kappa shape index (κ1) is 15.0. The highest BCUT2D eigenvalue weighted by atomic mass is 35.5. The zero-order chi connectivity index (χ0) is 11.9. The monoisotopic (exact) mass is 282 g/mol. The normalized spacial score (nSPS) is 9.83. The van der Waals surface area contributed by atoms with E-state index in [1.807, 2.05) is 12.1 Å². The van der Waals surface area contributed by atoms with Crippen molar-refractivity contribution in [2.75, 3.05) is 13.7 Å². The molecule has 0 fully saturated rings. The van der Waals surface area contributed by atoms with Crippen LogP contribution in [0.4, 0.5) is 0 Å². The van der Waals surface area contributed by atoms with Crippen molar-refractivity contribution in [3.05, 3.63) is 52.2 Å². The fraction of sp³-hybridized carbons (Fsp3) is 0.286. The summed E-state index contributed by atoms with van der Waals surface area (Å²) in [6.07, 6.45) is 1.05. The fourth-order valence-electron chi connectivity index (χ4n) is 1.65. The van der Waals surface area contributed by atoms with Gasteiger partial charge in [-0.3, -0.25) is 0 Å². The van der Waals surface area contributed by atoms with Crippen molar-refractivity contribution in [1.82, 2.24) is 5.32 Å². The number of benzene rings is 1. The van der Waals surface area contributed by atoms with Gasteiger partial charge in [-0.15, -0.1) is 11.3 Å². The molecule has 0 amide bonds. The van der Waals surface area contributed by atoms with Crippen molar-refractivity contribution in [3.63, 3.8) is 0 Å². The Balaban J connectivity index is 0.00000162. The SMILES string of the molecule is COc1ccc(CCNCc2cccs2)cc1.[Cl-]. The van der Waals surface area contributed by atoms with Crippen LogP contribution in [0.5, 0.6) is 5.75 Å². The van der Waals surface area contributed by atoms with E-state index in [0.29, 0.717) is 0 Å². The van der Waals surface area contributed by atoms with Gasteiger partial charge in [0.1, 0.15) is 5.75 Å². The van der Waals surface area contributed by atoms with E-state index in [1.54, 1.807) is 18.4 Å². The molecule has 0 saturated carbocycles. The first-order valence-electron chi connectivity index (χ1n) is 5.74. The van der Waals surface area contributed by atoms with Crippen molar-refractivity contribution in [3.8, 4) is 5.75 Å². The van der Waals surface area contributed by atoms with Gasteiger partial charge in [-0.05, 0) is 42.1 Å². The van der Waals surface area contributed by atoms with Crippen LogP contribution in [0.1, 0.15) is 10.4 Å². The molecular formula is C14H17ClNOS-. The van der Waals surface area contributed by atoms with Gasteiger partial charge in [0.25, 0.3) is 0 Å². The lowest BCUT2D eigenvalue weighted by atomic mass is 10.1. The summed E-state index contributed by atoms with van der Waals surface area (Å²) < 4.78 is 5.13. The summed E-state index contributed by atoms with van der Waals surface area (Å²) in [5.74, 6) is 0.917. The van der Waals surface area contributed by atoms with Gasteiger partial charge in [0.2, 0.25) is 0 Å². The lowest BCUT2D eigenvalue weighted by Crippen LogP contribution is -3.00. The third kappa shape index (κ3) is 4.69. The van der Waals surface area contributed by atoms with Crippen LogP contribution < -0.4 is 22.5 Å². The van der Waals surface area contributed by atoms with E-state index in [4.69, 9.17) is 4.74 Å². The van der Waals surface area contributed by atoms with E-state index in [9.17, 15) is 0 Å². The van der Waals surface area contributed by atoms with Crippen LogP contribution in [-0.2, 0) is 13.0 Å². The highest BCUT2D eigenvalue weighted by molar-refractivity contribution is 7.09. The molecule has 0 saturated heterocycles. The summed E-state index contributed by atoms with van der Waals surface area (Å²) in [5, 5.41) is 5.56. The van der Waals surface area contributed by atoms with E-state index < -0.39 is 0 Å². The second-order valence-electron chi connectivity index (χ2n) is 3.85. The molecule has 4 heteroatoms. The Morgan fingerprint density at radius 1 is 1.17 bits per heavy atom. The van der Waals surface area contributed by atoms with Crippen molar-refractivity contribution >= 4 is 11.3 Å². The maximum absolute atomic E-state index is 5.13.